The largest absolute Gasteiger partial charge is 0.324 e. The van der Waals surface area contributed by atoms with Gasteiger partial charge in [0.15, 0.2) is 0 Å². The zero-order valence-electron chi connectivity index (χ0n) is 16.6. The Morgan fingerprint density at radius 1 is 1.00 bits per heavy atom. The standard InChI is InChI=1S/C25H23BrN2O2/c26-20-14-15-22-21(16-20)25(19-11-5-2-6-12-19)28(17-23(29)27-22)24(30)13-7-10-18-8-3-1-4-9-18/h1-6,8-9,11-12,14-16,25H,7,10,13,17H2,(H,27,29)/t25-/m0/s1. The van der Waals surface area contributed by atoms with Crippen LogP contribution in [0.2, 0.25) is 0 Å². The summed E-state index contributed by atoms with van der Waals surface area (Å²) in [6, 6.07) is 25.5. The molecule has 0 saturated heterocycles. The average Bonchev–Trinajstić information content (AvgIpc) is 2.90. The molecule has 5 heteroatoms. The number of anilines is 1. The van der Waals surface area contributed by atoms with Crippen LogP contribution in [0.25, 0.3) is 0 Å². The molecule has 0 unspecified atom stereocenters. The van der Waals surface area contributed by atoms with Crippen LogP contribution in [0.4, 0.5) is 5.69 Å². The van der Waals surface area contributed by atoms with Crippen LogP contribution in [0.3, 0.4) is 0 Å². The van der Waals surface area contributed by atoms with E-state index in [4.69, 9.17) is 0 Å². The van der Waals surface area contributed by atoms with E-state index in [0.29, 0.717) is 6.42 Å². The highest BCUT2D eigenvalue weighted by atomic mass is 79.9. The average molecular weight is 463 g/mol. The second kappa shape index (κ2) is 9.26. The third-order valence-electron chi connectivity index (χ3n) is 5.34. The third-order valence-corrected chi connectivity index (χ3v) is 5.84. The fourth-order valence-electron chi connectivity index (χ4n) is 3.94. The third kappa shape index (κ3) is 4.62. The molecule has 4 nitrogen and oxygen atoms in total. The molecule has 1 aliphatic rings. The Morgan fingerprint density at radius 3 is 2.43 bits per heavy atom. The normalized spacial score (nSPS) is 15.8. The summed E-state index contributed by atoms with van der Waals surface area (Å²) in [6.45, 7) is 0.0377. The molecule has 0 spiro atoms. The Balaban J connectivity index is 1.63. The van der Waals surface area contributed by atoms with Gasteiger partial charge in [-0.2, -0.15) is 0 Å². The zero-order valence-corrected chi connectivity index (χ0v) is 18.1. The lowest BCUT2D eigenvalue weighted by Crippen LogP contribution is -2.38. The van der Waals surface area contributed by atoms with Gasteiger partial charge in [-0.05, 0) is 42.2 Å². The van der Waals surface area contributed by atoms with Crippen LogP contribution < -0.4 is 5.32 Å². The minimum atomic E-state index is -0.318. The fraction of sp³-hybridized carbons (Fsp3) is 0.200. The van der Waals surface area contributed by atoms with Crippen LogP contribution in [0.1, 0.15) is 35.6 Å². The van der Waals surface area contributed by atoms with Crippen molar-refractivity contribution in [3.63, 3.8) is 0 Å². The predicted molar refractivity (Wildman–Crippen MR) is 122 cm³/mol. The number of amides is 2. The first-order chi connectivity index (χ1) is 14.6. The van der Waals surface area contributed by atoms with Crippen molar-refractivity contribution in [1.82, 2.24) is 4.90 Å². The summed E-state index contributed by atoms with van der Waals surface area (Å²) in [5.41, 5.74) is 3.87. The monoisotopic (exact) mass is 462 g/mol. The minimum Gasteiger partial charge on any atom is -0.324 e. The van der Waals surface area contributed by atoms with Gasteiger partial charge in [0.25, 0.3) is 0 Å². The molecule has 0 aliphatic carbocycles. The molecule has 30 heavy (non-hydrogen) atoms. The van der Waals surface area contributed by atoms with Crippen molar-refractivity contribution in [2.24, 2.45) is 0 Å². The van der Waals surface area contributed by atoms with Crippen molar-refractivity contribution in [3.8, 4) is 0 Å². The molecule has 1 aliphatic heterocycles. The fourth-order valence-corrected chi connectivity index (χ4v) is 4.32. The van der Waals surface area contributed by atoms with E-state index in [1.165, 1.54) is 5.56 Å². The van der Waals surface area contributed by atoms with E-state index in [1.54, 1.807) is 4.90 Å². The van der Waals surface area contributed by atoms with Crippen molar-refractivity contribution in [1.29, 1.82) is 0 Å². The maximum absolute atomic E-state index is 13.3. The van der Waals surface area contributed by atoms with E-state index < -0.39 is 0 Å². The van der Waals surface area contributed by atoms with Gasteiger partial charge in [-0.3, -0.25) is 9.59 Å². The molecule has 3 aromatic carbocycles. The number of carbonyl (C=O) groups excluding carboxylic acids is 2. The number of fused-ring (bicyclic) bond motifs is 1. The lowest BCUT2D eigenvalue weighted by atomic mass is 9.95. The van der Waals surface area contributed by atoms with Crippen LogP contribution in [0.15, 0.2) is 83.3 Å². The summed E-state index contributed by atoms with van der Waals surface area (Å²) in [6.07, 6.45) is 1.98. The van der Waals surface area contributed by atoms with Gasteiger partial charge in [0.1, 0.15) is 6.54 Å². The van der Waals surface area contributed by atoms with E-state index in [0.717, 1.165) is 34.1 Å². The van der Waals surface area contributed by atoms with E-state index in [-0.39, 0.29) is 24.4 Å². The SMILES string of the molecule is O=C1CN(C(=O)CCCc2ccccc2)[C@@H](c2ccccc2)c2cc(Br)ccc2N1. The van der Waals surface area contributed by atoms with Crippen LogP contribution in [0.5, 0.6) is 0 Å². The van der Waals surface area contributed by atoms with E-state index in [1.807, 2.05) is 66.7 Å². The van der Waals surface area contributed by atoms with Gasteiger partial charge < -0.3 is 10.2 Å². The van der Waals surface area contributed by atoms with Crippen molar-refractivity contribution in [2.45, 2.75) is 25.3 Å². The molecule has 1 atom stereocenters. The molecule has 3 aromatic rings. The number of carbonyl (C=O) groups is 2. The lowest BCUT2D eigenvalue weighted by molar-refractivity contribution is -0.136. The maximum atomic E-state index is 13.3. The van der Waals surface area contributed by atoms with Crippen LogP contribution in [0, 0.1) is 0 Å². The molecule has 0 fully saturated rings. The van der Waals surface area contributed by atoms with Gasteiger partial charge in [-0.25, -0.2) is 0 Å². The maximum Gasteiger partial charge on any atom is 0.244 e. The Morgan fingerprint density at radius 2 is 1.70 bits per heavy atom. The summed E-state index contributed by atoms with van der Waals surface area (Å²) in [4.78, 5) is 27.6. The van der Waals surface area contributed by atoms with Gasteiger partial charge in [-0.15, -0.1) is 0 Å². The molecule has 1 heterocycles. The number of benzene rings is 3. The van der Waals surface area contributed by atoms with Crippen molar-refractivity contribution < 1.29 is 9.59 Å². The highest BCUT2D eigenvalue weighted by molar-refractivity contribution is 9.10. The second-order valence-corrected chi connectivity index (χ2v) is 8.37. The molecule has 0 aromatic heterocycles. The highest BCUT2D eigenvalue weighted by Crippen LogP contribution is 2.37. The molecule has 1 N–H and O–H groups in total. The van der Waals surface area contributed by atoms with E-state index >= 15 is 0 Å². The number of hydrogen-bond acceptors (Lipinski definition) is 2. The topological polar surface area (TPSA) is 49.4 Å². The summed E-state index contributed by atoms with van der Waals surface area (Å²) < 4.78 is 0.912. The van der Waals surface area contributed by atoms with E-state index in [2.05, 4.69) is 33.4 Å². The zero-order chi connectivity index (χ0) is 20.9. The lowest BCUT2D eigenvalue weighted by Gasteiger charge is -2.31. The van der Waals surface area contributed by atoms with Gasteiger partial charge >= 0.3 is 0 Å². The molecule has 0 saturated carbocycles. The molecular formula is C25H23BrN2O2. The van der Waals surface area contributed by atoms with Crippen LogP contribution in [-0.4, -0.2) is 23.3 Å². The number of rotatable bonds is 5. The quantitative estimate of drug-likeness (QED) is 0.555. The number of hydrogen-bond donors (Lipinski definition) is 1. The van der Waals surface area contributed by atoms with Crippen molar-refractivity contribution in [2.75, 3.05) is 11.9 Å². The smallest absolute Gasteiger partial charge is 0.244 e. The first-order valence-electron chi connectivity index (χ1n) is 10.1. The Labute approximate surface area is 185 Å². The van der Waals surface area contributed by atoms with Crippen LogP contribution in [-0.2, 0) is 16.0 Å². The number of halogens is 1. The summed E-state index contributed by atoms with van der Waals surface area (Å²) >= 11 is 3.54. The Hall–Kier alpha value is -2.92. The van der Waals surface area contributed by atoms with Crippen molar-refractivity contribution in [3.05, 3.63) is 100 Å². The Kier molecular flexibility index (Phi) is 6.29. The highest BCUT2D eigenvalue weighted by Gasteiger charge is 2.33. The molecule has 2 amide bonds. The van der Waals surface area contributed by atoms with Gasteiger partial charge in [0.05, 0.1) is 6.04 Å². The molecular weight excluding hydrogens is 440 g/mol. The van der Waals surface area contributed by atoms with Crippen LogP contribution >= 0.6 is 15.9 Å². The number of aryl methyl sites for hydroxylation is 1. The van der Waals surface area contributed by atoms with Gasteiger partial charge in [-0.1, -0.05) is 76.6 Å². The number of nitrogens with one attached hydrogen (secondary N) is 1. The molecule has 0 radical (unpaired) electrons. The first kappa shape index (κ1) is 20.4. The summed E-state index contributed by atoms with van der Waals surface area (Å²) in [5.74, 6) is -0.184. The van der Waals surface area contributed by atoms with E-state index in [9.17, 15) is 9.59 Å². The molecule has 4 rings (SSSR count). The first-order valence-corrected chi connectivity index (χ1v) is 10.9. The van der Waals surface area contributed by atoms with Gasteiger partial charge in [0, 0.05) is 22.1 Å². The summed E-state index contributed by atoms with van der Waals surface area (Å²) in [5, 5.41) is 2.96. The van der Waals surface area contributed by atoms with Crippen molar-refractivity contribution >= 4 is 33.4 Å². The minimum absolute atomic E-state index is 0.0113. The Bertz CT molecular complexity index is 1040. The summed E-state index contributed by atoms with van der Waals surface area (Å²) in [7, 11) is 0. The second-order valence-electron chi connectivity index (χ2n) is 7.45. The molecule has 152 valence electrons. The van der Waals surface area contributed by atoms with Gasteiger partial charge in [0.2, 0.25) is 11.8 Å². The number of nitrogens with zero attached hydrogens (tertiary/aromatic N) is 1. The molecule has 0 bridgehead atoms. The predicted octanol–water partition coefficient (Wildman–Crippen LogP) is 5.34.